The third kappa shape index (κ3) is 3.57. The van der Waals surface area contributed by atoms with Crippen LogP contribution in [0.1, 0.15) is 24.5 Å². The van der Waals surface area contributed by atoms with Crippen molar-refractivity contribution in [1.82, 2.24) is 14.0 Å². The van der Waals surface area contributed by atoms with Crippen molar-refractivity contribution in [2.24, 2.45) is 7.05 Å². The predicted molar refractivity (Wildman–Crippen MR) is 104 cm³/mol. The summed E-state index contributed by atoms with van der Waals surface area (Å²) in [7, 11) is 1.74. The predicted octanol–water partition coefficient (Wildman–Crippen LogP) is 3.09. The van der Waals surface area contributed by atoms with Crippen molar-refractivity contribution in [2.75, 3.05) is 6.54 Å². The highest BCUT2D eigenvalue weighted by atomic mass is 16.2. The van der Waals surface area contributed by atoms with Gasteiger partial charge in [0.1, 0.15) is 6.54 Å². The van der Waals surface area contributed by atoms with Gasteiger partial charge in [0, 0.05) is 20.1 Å². The largest absolute Gasteiger partial charge is 0.337 e. The lowest BCUT2D eigenvalue weighted by atomic mass is 10.1. The first-order valence-electron chi connectivity index (χ1n) is 8.99. The number of imidazole rings is 1. The molecule has 3 rings (SSSR count). The lowest BCUT2D eigenvalue weighted by molar-refractivity contribution is -0.132. The number of aromatic nitrogens is 2. The maximum atomic E-state index is 12.9. The number of amides is 1. The van der Waals surface area contributed by atoms with Crippen LogP contribution in [0.25, 0.3) is 11.0 Å². The van der Waals surface area contributed by atoms with Crippen molar-refractivity contribution in [2.45, 2.75) is 33.4 Å². The first-order chi connectivity index (χ1) is 12.5. The minimum atomic E-state index is -0.161. The molecule has 3 aromatic rings. The molecule has 2 aromatic carbocycles. The summed E-state index contributed by atoms with van der Waals surface area (Å²) in [5.41, 5.74) is 3.77. The molecule has 1 amide bonds. The van der Waals surface area contributed by atoms with E-state index in [0.29, 0.717) is 13.1 Å². The Labute approximate surface area is 153 Å². The van der Waals surface area contributed by atoms with Crippen LogP contribution < -0.4 is 5.69 Å². The molecule has 0 atom stereocenters. The Morgan fingerprint density at radius 3 is 2.35 bits per heavy atom. The summed E-state index contributed by atoms with van der Waals surface area (Å²) in [4.78, 5) is 27.3. The number of para-hydroxylation sites is 2. The second kappa shape index (κ2) is 7.60. The van der Waals surface area contributed by atoms with Gasteiger partial charge in [-0.05, 0) is 31.0 Å². The van der Waals surface area contributed by atoms with Crippen LogP contribution >= 0.6 is 0 Å². The van der Waals surface area contributed by atoms with Crippen LogP contribution in [0.15, 0.2) is 53.3 Å². The van der Waals surface area contributed by atoms with Crippen LogP contribution in [0.3, 0.4) is 0 Å². The summed E-state index contributed by atoms with van der Waals surface area (Å²) in [6.45, 7) is 5.40. The molecule has 0 saturated heterocycles. The second-order valence-corrected chi connectivity index (χ2v) is 6.72. The Bertz CT molecular complexity index is 967. The molecular formula is C21H25N3O2. The number of nitrogens with zero attached hydrogens (tertiary/aromatic N) is 3. The lowest BCUT2D eigenvalue weighted by Gasteiger charge is -2.22. The number of fused-ring (bicyclic) bond motifs is 1. The van der Waals surface area contributed by atoms with Crippen LogP contribution in [0.4, 0.5) is 0 Å². The smallest absolute Gasteiger partial charge is 0.329 e. The fourth-order valence-corrected chi connectivity index (χ4v) is 3.23. The summed E-state index contributed by atoms with van der Waals surface area (Å²) >= 11 is 0. The van der Waals surface area contributed by atoms with Crippen LogP contribution in [-0.2, 0) is 24.9 Å². The first-order valence-corrected chi connectivity index (χ1v) is 8.99. The summed E-state index contributed by atoms with van der Waals surface area (Å²) in [6.07, 6.45) is 0.877. The topological polar surface area (TPSA) is 47.2 Å². The van der Waals surface area contributed by atoms with Gasteiger partial charge < -0.3 is 4.90 Å². The average molecular weight is 351 g/mol. The van der Waals surface area contributed by atoms with Crippen molar-refractivity contribution >= 4 is 16.9 Å². The molecule has 0 fully saturated rings. The maximum absolute atomic E-state index is 12.9. The Morgan fingerprint density at radius 1 is 1.04 bits per heavy atom. The molecule has 5 nitrogen and oxygen atoms in total. The van der Waals surface area contributed by atoms with Crippen molar-refractivity contribution < 1.29 is 4.79 Å². The first kappa shape index (κ1) is 18.0. The highest BCUT2D eigenvalue weighted by Crippen LogP contribution is 2.13. The van der Waals surface area contributed by atoms with E-state index in [-0.39, 0.29) is 18.1 Å². The van der Waals surface area contributed by atoms with E-state index >= 15 is 0 Å². The van der Waals surface area contributed by atoms with Gasteiger partial charge >= 0.3 is 5.69 Å². The molecule has 1 aromatic heterocycles. The van der Waals surface area contributed by atoms with E-state index < -0.39 is 0 Å². The highest BCUT2D eigenvalue weighted by molar-refractivity contribution is 5.81. The fraction of sp³-hybridized carbons (Fsp3) is 0.333. The Kier molecular flexibility index (Phi) is 5.26. The van der Waals surface area contributed by atoms with Crippen molar-refractivity contribution in [3.63, 3.8) is 0 Å². The molecule has 0 N–H and O–H groups in total. The normalized spacial score (nSPS) is 11.0. The molecule has 0 aliphatic heterocycles. The highest BCUT2D eigenvalue weighted by Gasteiger charge is 2.18. The van der Waals surface area contributed by atoms with Crippen molar-refractivity contribution in [1.29, 1.82) is 0 Å². The van der Waals surface area contributed by atoms with Crippen LogP contribution in [-0.4, -0.2) is 26.5 Å². The minimum absolute atomic E-state index is 0.0362. The monoisotopic (exact) mass is 351 g/mol. The number of rotatable bonds is 6. The van der Waals surface area contributed by atoms with Crippen molar-refractivity contribution in [3.05, 3.63) is 70.1 Å². The fourth-order valence-electron chi connectivity index (χ4n) is 3.23. The molecule has 0 aliphatic rings. The van der Waals surface area contributed by atoms with Gasteiger partial charge in [0.2, 0.25) is 5.91 Å². The molecular weight excluding hydrogens is 326 g/mol. The Hall–Kier alpha value is -2.82. The Morgan fingerprint density at radius 2 is 1.69 bits per heavy atom. The molecule has 0 radical (unpaired) electrons. The van der Waals surface area contributed by atoms with Gasteiger partial charge in [0.15, 0.2) is 0 Å². The zero-order chi connectivity index (χ0) is 18.7. The number of hydrogen-bond donors (Lipinski definition) is 0. The van der Waals surface area contributed by atoms with Crippen LogP contribution in [0.5, 0.6) is 0 Å². The minimum Gasteiger partial charge on any atom is -0.337 e. The molecule has 0 saturated carbocycles. The average Bonchev–Trinajstić information content (AvgIpc) is 2.88. The number of aryl methyl sites for hydroxylation is 2. The third-order valence-electron chi connectivity index (χ3n) is 4.69. The SMILES string of the molecule is CCCN(Cc1ccc(C)cc1)C(=O)Cn1c(=O)n(C)c2ccccc21. The van der Waals surface area contributed by atoms with Gasteiger partial charge in [0.05, 0.1) is 11.0 Å². The molecule has 0 spiro atoms. The molecule has 5 heteroatoms. The van der Waals surface area contributed by atoms with Gasteiger partial charge in [0.25, 0.3) is 0 Å². The van der Waals surface area contributed by atoms with Gasteiger partial charge in [-0.15, -0.1) is 0 Å². The molecule has 1 heterocycles. The van der Waals surface area contributed by atoms with Gasteiger partial charge in [-0.1, -0.05) is 48.9 Å². The molecule has 26 heavy (non-hydrogen) atoms. The van der Waals surface area contributed by atoms with Crippen molar-refractivity contribution in [3.8, 4) is 0 Å². The van der Waals surface area contributed by atoms with Crippen LogP contribution in [0, 0.1) is 6.92 Å². The number of hydrogen-bond acceptors (Lipinski definition) is 2. The Balaban J connectivity index is 1.86. The second-order valence-electron chi connectivity index (χ2n) is 6.72. The zero-order valence-electron chi connectivity index (χ0n) is 15.6. The third-order valence-corrected chi connectivity index (χ3v) is 4.69. The van der Waals surface area contributed by atoms with E-state index in [1.165, 1.54) is 5.56 Å². The molecule has 136 valence electrons. The summed E-state index contributed by atoms with van der Waals surface area (Å²) in [5.74, 6) is -0.0362. The van der Waals surface area contributed by atoms with Gasteiger partial charge in [-0.3, -0.25) is 13.9 Å². The molecule has 0 bridgehead atoms. The molecule has 0 aliphatic carbocycles. The van der Waals surface area contributed by atoms with E-state index in [1.807, 2.05) is 36.1 Å². The van der Waals surface area contributed by atoms with E-state index in [9.17, 15) is 9.59 Å². The quantitative estimate of drug-likeness (QED) is 0.685. The van der Waals surface area contributed by atoms with Crippen LogP contribution in [0.2, 0.25) is 0 Å². The maximum Gasteiger partial charge on any atom is 0.329 e. The standard InChI is InChI=1S/C21H25N3O2/c1-4-13-23(14-17-11-9-16(2)10-12-17)20(25)15-24-19-8-6-5-7-18(19)22(3)21(24)26/h5-12H,4,13-15H2,1-3H3. The van der Waals surface area contributed by atoms with E-state index in [2.05, 4.69) is 31.2 Å². The number of carbonyl (C=O) groups excluding carboxylic acids is 1. The number of benzene rings is 2. The summed E-state index contributed by atoms with van der Waals surface area (Å²) in [6, 6.07) is 15.8. The number of carbonyl (C=O) groups is 1. The summed E-state index contributed by atoms with van der Waals surface area (Å²) in [5, 5.41) is 0. The van der Waals surface area contributed by atoms with E-state index in [0.717, 1.165) is 23.0 Å². The van der Waals surface area contributed by atoms with E-state index in [1.54, 1.807) is 16.2 Å². The molecule has 0 unspecified atom stereocenters. The zero-order valence-corrected chi connectivity index (χ0v) is 15.6. The summed E-state index contributed by atoms with van der Waals surface area (Å²) < 4.78 is 3.15. The lowest BCUT2D eigenvalue weighted by Crippen LogP contribution is -2.36. The van der Waals surface area contributed by atoms with Gasteiger partial charge in [-0.25, -0.2) is 4.79 Å². The van der Waals surface area contributed by atoms with E-state index in [4.69, 9.17) is 0 Å². The van der Waals surface area contributed by atoms with Gasteiger partial charge in [-0.2, -0.15) is 0 Å².